The molecule has 3 aliphatic heterocycles. The zero-order chi connectivity index (χ0) is 22.4. The van der Waals surface area contributed by atoms with E-state index in [4.69, 9.17) is 11.6 Å². The fourth-order valence-electron chi connectivity index (χ4n) is 5.16. The van der Waals surface area contributed by atoms with Gasteiger partial charge in [-0.3, -0.25) is 19.3 Å². The van der Waals surface area contributed by atoms with E-state index in [9.17, 15) is 14.4 Å². The van der Waals surface area contributed by atoms with Crippen LogP contribution in [0.5, 0.6) is 0 Å². The number of amides is 3. The Hall–Kier alpha value is -3.12. The van der Waals surface area contributed by atoms with E-state index in [-0.39, 0.29) is 23.8 Å². The van der Waals surface area contributed by atoms with Crippen LogP contribution in [0.1, 0.15) is 25.3 Å². The van der Waals surface area contributed by atoms with E-state index >= 15 is 0 Å². The number of hydrogen-bond acceptors (Lipinski definition) is 4. The predicted molar refractivity (Wildman–Crippen MR) is 124 cm³/mol. The summed E-state index contributed by atoms with van der Waals surface area (Å²) in [5.41, 5.74) is 2.43. The fraction of sp³-hybridized carbons (Fsp3) is 0.320. The molecular weight excluding hydrogens is 426 g/mol. The maximum absolute atomic E-state index is 13.6. The van der Waals surface area contributed by atoms with Crippen LogP contribution in [0.25, 0.3) is 6.08 Å². The van der Waals surface area contributed by atoms with Crippen molar-refractivity contribution in [1.82, 2.24) is 4.90 Å². The molecule has 0 aromatic heterocycles. The number of para-hydroxylation sites is 1. The second-order valence-electron chi connectivity index (χ2n) is 8.49. The van der Waals surface area contributed by atoms with Gasteiger partial charge in [-0.2, -0.15) is 0 Å². The lowest BCUT2D eigenvalue weighted by atomic mass is 9.88. The number of likely N-dealkylation sites (tertiary alicyclic amines) is 1. The van der Waals surface area contributed by atoms with Crippen LogP contribution < -0.4 is 10.2 Å². The smallest absolute Gasteiger partial charge is 0.247 e. The number of halogens is 1. The molecule has 2 fully saturated rings. The highest BCUT2D eigenvalue weighted by atomic mass is 35.5. The van der Waals surface area contributed by atoms with Crippen molar-refractivity contribution in [2.24, 2.45) is 11.8 Å². The second kappa shape index (κ2) is 8.10. The van der Waals surface area contributed by atoms with E-state index in [1.54, 1.807) is 24.3 Å². The number of imide groups is 1. The summed E-state index contributed by atoms with van der Waals surface area (Å²) in [7, 11) is 0. The first kappa shape index (κ1) is 20.8. The average molecular weight is 450 g/mol. The van der Waals surface area contributed by atoms with Crippen LogP contribution in [0.15, 0.2) is 54.6 Å². The van der Waals surface area contributed by atoms with Crippen molar-refractivity contribution in [2.45, 2.75) is 31.8 Å². The van der Waals surface area contributed by atoms with Crippen molar-refractivity contribution >= 4 is 46.8 Å². The summed E-state index contributed by atoms with van der Waals surface area (Å²) >= 11 is 5.97. The third-order valence-electron chi connectivity index (χ3n) is 6.62. The molecule has 0 spiro atoms. The van der Waals surface area contributed by atoms with Crippen LogP contribution >= 0.6 is 11.6 Å². The molecule has 0 unspecified atom stereocenters. The molecular formula is C25H24ClN3O3. The first-order valence-corrected chi connectivity index (χ1v) is 11.4. The maximum atomic E-state index is 13.6. The zero-order valence-corrected chi connectivity index (χ0v) is 18.5. The molecule has 0 aliphatic carbocycles. The highest BCUT2D eigenvalue weighted by Crippen LogP contribution is 2.48. The second-order valence-corrected chi connectivity index (χ2v) is 8.93. The summed E-state index contributed by atoms with van der Waals surface area (Å²) in [6.07, 6.45) is 5.59. The molecule has 5 rings (SSSR count). The number of unbranched alkanes of at least 4 members (excludes halogenated alkanes) is 1. The molecule has 4 atom stereocenters. The van der Waals surface area contributed by atoms with Crippen molar-refractivity contribution < 1.29 is 14.4 Å². The number of carbonyl (C=O) groups excluding carboxylic acids is 3. The molecule has 2 saturated heterocycles. The lowest BCUT2D eigenvalue weighted by molar-refractivity contribution is -0.141. The third-order valence-corrected chi connectivity index (χ3v) is 6.87. The Labute approximate surface area is 191 Å². The summed E-state index contributed by atoms with van der Waals surface area (Å²) in [6.45, 7) is 2.43. The SMILES string of the molecule is CCCCN1C(=O)[C@@H]2[C@@H](C1=O)[C@H](C(=O)Nc1ccc(Cl)cc1)N1c3ccccc3C=C[C@H]21. The summed E-state index contributed by atoms with van der Waals surface area (Å²) in [6, 6.07) is 13.5. The van der Waals surface area contributed by atoms with E-state index in [1.807, 2.05) is 48.2 Å². The molecule has 0 bridgehead atoms. The molecule has 2 aromatic carbocycles. The van der Waals surface area contributed by atoms with Gasteiger partial charge in [0.05, 0.1) is 17.9 Å². The molecule has 1 N–H and O–H groups in total. The molecule has 3 heterocycles. The van der Waals surface area contributed by atoms with Gasteiger partial charge >= 0.3 is 0 Å². The van der Waals surface area contributed by atoms with E-state index < -0.39 is 17.9 Å². The Morgan fingerprint density at radius 3 is 2.50 bits per heavy atom. The lowest BCUT2D eigenvalue weighted by Crippen LogP contribution is -2.50. The van der Waals surface area contributed by atoms with Crippen molar-refractivity contribution in [3.05, 3.63) is 65.2 Å². The summed E-state index contributed by atoms with van der Waals surface area (Å²) < 4.78 is 0. The maximum Gasteiger partial charge on any atom is 0.247 e. The Balaban J connectivity index is 1.55. The summed E-state index contributed by atoms with van der Waals surface area (Å²) in [4.78, 5) is 43.7. The van der Waals surface area contributed by atoms with E-state index in [1.165, 1.54) is 4.90 Å². The van der Waals surface area contributed by atoms with Gasteiger partial charge in [0, 0.05) is 22.9 Å². The molecule has 3 aliphatic rings. The molecule has 0 radical (unpaired) electrons. The van der Waals surface area contributed by atoms with E-state index in [0.29, 0.717) is 17.3 Å². The number of hydrogen-bond donors (Lipinski definition) is 1. The van der Waals surface area contributed by atoms with Crippen molar-refractivity contribution in [2.75, 3.05) is 16.8 Å². The fourth-order valence-corrected chi connectivity index (χ4v) is 5.29. The van der Waals surface area contributed by atoms with E-state index in [0.717, 1.165) is 24.1 Å². The molecule has 0 saturated carbocycles. The average Bonchev–Trinajstić information content (AvgIpc) is 3.27. The topological polar surface area (TPSA) is 69.7 Å². The van der Waals surface area contributed by atoms with Gasteiger partial charge in [-0.15, -0.1) is 0 Å². The molecule has 2 aromatic rings. The normalized spacial score (nSPS) is 25.6. The largest absolute Gasteiger partial charge is 0.351 e. The Morgan fingerprint density at radius 1 is 1.03 bits per heavy atom. The summed E-state index contributed by atoms with van der Waals surface area (Å²) in [5, 5.41) is 3.51. The van der Waals surface area contributed by atoms with Crippen LogP contribution in [0.2, 0.25) is 5.02 Å². The standard InChI is InChI=1S/C25H24ClN3O3/c1-2-3-14-28-24(31)20-19-13-8-15-6-4-5-7-18(15)29(19)22(21(20)25(28)32)23(30)27-17-11-9-16(26)10-12-17/h4-13,19-22H,2-3,14H2,1H3,(H,27,30)/t19-,20+,21-,22-/m1/s1. The van der Waals surface area contributed by atoms with Crippen LogP contribution in [-0.2, 0) is 14.4 Å². The third kappa shape index (κ3) is 3.21. The highest BCUT2D eigenvalue weighted by Gasteiger charge is 2.63. The van der Waals surface area contributed by atoms with Gasteiger partial charge < -0.3 is 10.2 Å². The minimum atomic E-state index is -0.783. The lowest BCUT2D eigenvalue weighted by Gasteiger charge is -2.36. The number of anilines is 2. The van der Waals surface area contributed by atoms with Crippen molar-refractivity contribution in [3.63, 3.8) is 0 Å². The van der Waals surface area contributed by atoms with Crippen LogP contribution in [0.4, 0.5) is 11.4 Å². The summed E-state index contributed by atoms with van der Waals surface area (Å²) in [5.74, 6) is -2.00. The van der Waals surface area contributed by atoms with Gasteiger partial charge in [-0.25, -0.2) is 0 Å². The van der Waals surface area contributed by atoms with Gasteiger partial charge in [0.15, 0.2) is 0 Å². The Morgan fingerprint density at radius 2 is 1.75 bits per heavy atom. The van der Waals surface area contributed by atoms with Crippen molar-refractivity contribution in [3.8, 4) is 0 Å². The Bertz CT molecular complexity index is 1110. The zero-order valence-electron chi connectivity index (χ0n) is 17.7. The number of rotatable bonds is 5. The monoisotopic (exact) mass is 449 g/mol. The van der Waals surface area contributed by atoms with Crippen molar-refractivity contribution in [1.29, 1.82) is 0 Å². The van der Waals surface area contributed by atoms with Gasteiger partial charge in [-0.1, -0.05) is 55.3 Å². The molecule has 3 amide bonds. The van der Waals surface area contributed by atoms with Gasteiger partial charge in [0.1, 0.15) is 6.04 Å². The van der Waals surface area contributed by atoms with Gasteiger partial charge in [0.25, 0.3) is 0 Å². The number of carbonyl (C=O) groups is 3. The number of benzene rings is 2. The highest BCUT2D eigenvalue weighted by molar-refractivity contribution is 6.30. The van der Waals surface area contributed by atoms with E-state index in [2.05, 4.69) is 5.32 Å². The van der Waals surface area contributed by atoms with Crippen LogP contribution in [0.3, 0.4) is 0 Å². The Kier molecular flexibility index (Phi) is 5.25. The minimum Gasteiger partial charge on any atom is -0.351 e. The minimum absolute atomic E-state index is 0.172. The molecule has 6 nitrogen and oxygen atoms in total. The number of fused-ring (bicyclic) bond motifs is 5. The molecule has 32 heavy (non-hydrogen) atoms. The van der Waals surface area contributed by atoms with Crippen LogP contribution in [0, 0.1) is 11.8 Å². The predicted octanol–water partition coefficient (Wildman–Crippen LogP) is 3.96. The molecule has 7 heteroatoms. The molecule has 164 valence electrons. The first-order valence-electron chi connectivity index (χ1n) is 11.0. The first-order chi connectivity index (χ1) is 15.5. The van der Waals surface area contributed by atoms with Crippen LogP contribution in [-0.4, -0.2) is 41.2 Å². The number of nitrogens with zero attached hydrogens (tertiary/aromatic N) is 2. The van der Waals surface area contributed by atoms with Gasteiger partial charge in [0.2, 0.25) is 17.7 Å². The number of nitrogens with one attached hydrogen (secondary N) is 1. The van der Waals surface area contributed by atoms with Gasteiger partial charge in [-0.05, 0) is 42.3 Å². The quantitative estimate of drug-likeness (QED) is 0.701.